The number of aliphatic hydroxyl groups is 1. The maximum absolute atomic E-state index is 14.1. The van der Waals surface area contributed by atoms with Gasteiger partial charge in [0.2, 0.25) is 11.8 Å². The number of ether oxygens (including phenoxy) is 2. The minimum atomic E-state index is -1.12. The quantitative estimate of drug-likeness (QED) is 0.295. The van der Waals surface area contributed by atoms with Crippen LogP contribution in [-0.4, -0.2) is 76.2 Å². The van der Waals surface area contributed by atoms with Crippen LogP contribution in [0.5, 0.6) is 0 Å². The number of carbonyl (C=O) groups is 3. The molecule has 8 heteroatoms. The van der Waals surface area contributed by atoms with E-state index < -0.39 is 41.6 Å². The lowest BCUT2D eigenvalue weighted by Gasteiger charge is -2.38. The summed E-state index contributed by atoms with van der Waals surface area (Å²) in [5, 5.41) is 9.96. The highest BCUT2D eigenvalue weighted by molar-refractivity contribution is 5.98. The number of aliphatic hydroxyl groups excluding tert-OH is 1. The average Bonchev–Trinajstić information content (AvgIpc) is 3.51. The van der Waals surface area contributed by atoms with Gasteiger partial charge in [-0.2, -0.15) is 0 Å². The van der Waals surface area contributed by atoms with Gasteiger partial charge < -0.3 is 24.4 Å². The van der Waals surface area contributed by atoms with E-state index in [4.69, 9.17) is 9.47 Å². The monoisotopic (exact) mass is 482 g/mol. The van der Waals surface area contributed by atoms with Gasteiger partial charge in [-0.15, -0.1) is 13.2 Å². The van der Waals surface area contributed by atoms with Crippen LogP contribution in [-0.2, 0) is 30.4 Å². The van der Waals surface area contributed by atoms with Gasteiger partial charge in [0.15, 0.2) is 0 Å². The molecule has 2 bridgehead atoms. The number of nitrogens with zero attached hydrogens (tertiary/aromatic N) is 2. The predicted octanol–water partition coefficient (Wildman–Crippen LogP) is 2.08. The first kappa shape index (κ1) is 25.1. The van der Waals surface area contributed by atoms with Crippen molar-refractivity contribution in [1.82, 2.24) is 9.80 Å². The molecule has 0 aliphatic carbocycles. The lowest BCUT2D eigenvalue weighted by molar-refractivity contribution is -0.156. The molecule has 1 N–H and O–H groups in total. The molecule has 1 spiro atoms. The van der Waals surface area contributed by atoms with Crippen molar-refractivity contribution in [2.75, 3.05) is 19.8 Å². The van der Waals surface area contributed by atoms with E-state index in [1.807, 2.05) is 30.3 Å². The molecular formula is C27H34N2O6. The highest BCUT2D eigenvalue weighted by Crippen LogP contribution is 2.59. The van der Waals surface area contributed by atoms with Gasteiger partial charge >= 0.3 is 5.97 Å². The van der Waals surface area contributed by atoms with Crippen molar-refractivity contribution in [1.29, 1.82) is 0 Å². The number of rotatable bonds is 11. The fourth-order valence-corrected chi connectivity index (χ4v) is 5.90. The van der Waals surface area contributed by atoms with Crippen LogP contribution >= 0.6 is 0 Å². The third kappa shape index (κ3) is 4.29. The molecule has 2 amide bonds. The van der Waals surface area contributed by atoms with Gasteiger partial charge in [-0.05, 0) is 31.7 Å². The minimum absolute atomic E-state index is 0.183. The number of amides is 2. The van der Waals surface area contributed by atoms with E-state index in [1.165, 1.54) is 4.90 Å². The third-order valence-corrected chi connectivity index (χ3v) is 7.43. The average molecular weight is 483 g/mol. The zero-order valence-electron chi connectivity index (χ0n) is 20.2. The lowest BCUT2D eigenvalue weighted by Crippen LogP contribution is -2.58. The smallest absolute Gasteiger partial charge is 0.312 e. The Labute approximate surface area is 206 Å². The van der Waals surface area contributed by atoms with Gasteiger partial charge in [0.1, 0.15) is 11.6 Å². The number of esters is 1. The second-order valence-electron chi connectivity index (χ2n) is 9.57. The molecule has 8 nitrogen and oxygen atoms in total. The lowest BCUT2D eigenvalue weighted by atomic mass is 9.70. The highest BCUT2D eigenvalue weighted by atomic mass is 16.6. The molecule has 0 saturated carbocycles. The van der Waals surface area contributed by atoms with E-state index in [9.17, 15) is 19.5 Å². The topological polar surface area (TPSA) is 96.4 Å². The van der Waals surface area contributed by atoms with Gasteiger partial charge in [0.25, 0.3) is 0 Å². The van der Waals surface area contributed by atoms with Crippen LogP contribution in [0.3, 0.4) is 0 Å². The molecule has 3 aliphatic heterocycles. The van der Waals surface area contributed by atoms with E-state index in [-0.39, 0.29) is 31.6 Å². The predicted molar refractivity (Wildman–Crippen MR) is 129 cm³/mol. The first-order valence-corrected chi connectivity index (χ1v) is 12.2. The van der Waals surface area contributed by atoms with Crippen molar-refractivity contribution in [3.63, 3.8) is 0 Å². The van der Waals surface area contributed by atoms with Crippen molar-refractivity contribution in [3.05, 3.63) is 61.2 Å². The molecule has 3 aliphatic rings. The zero-order chi connectivity index (χ0) is 25.2. The number of benzene rings is 1. The number of hydrogen-bond donors (Lipinski definition) is 1. The van der Waals surface area contributed by atoms with Crippen LogP contribution in [0.15, 0.2) is 55.6 Å². The number of fused-ring (bicyclic) bond motifs is 1. The van der Waals surface area contributed by atoms with Gasteiger partial charge in [-0.3, -0.25) is 14.4 Å². The molecule has 35 heavy (non-hydrogen) atoms. The molecule has 4 rings (SSSR count). The summed E-state index contributed by atoms with van der Waals surface area (Å²) in [6, 6.07) is 8.04. The molecule has 1 aromatic carbocycles. The van der Waals surface area contributed by atoms with Crippen molar-refractivity contribution in [2.24, 2.45) is 11.8 Å². The summed E-state index contributed by atoms with van der Waals surface area (Å²) in [5.74, 6) is -2.67. The molecule has 0 radical (unpaired) electrons. The molecule has 3 saturated heterocycles. The fraction of sp³-hybridized carbons (Fsp3) is 0.519. The number of carbonyl (C=O) groups excluding carboxylic acids is 3. The van der Waals surface area contributed by atoms with Crippen LogP contribution in [0.25, 0.3) is 0 Å². The van der Waals surface area contributed by atoms with E-state index >= 15 is 0 Å². The summed E-state index contributed by atoms with van der Waals surface area (Å²) in [5.41, 5.74) is -0.177. The van der Waals surface area contributed by atoms with Crippen LogP contribution in [0, 0.1) is 11.8 Å². The van der Waals surface area contributed by atoms with Gasteiger partial charge in [0, 0.05) is 13.1 Å². The summed E-state index contributed by atoms with van der Waals surface area (Å²) in [6.45, 7) is 9.65. The van der Waals surface area contributed by atoms with Crippen LogP contribution in [0.2, 0.25) is 0 Å². The Hall–Kier alpha value is -2.97. The maximum Gasteiger partial charge on any atom is 0.312 e. The molecular weight excluding hydrogens is 448 g/mol. The summed E-state index contributed by atoms with van der Waals surface area (Å²) in [7, 11) is 0. The third-order valence-electron chi connectivity index (χ3n) is 7.43. The van der Waals surface area contributed by atoms with E-state index in [1.54, 1.807) is 24.0 Å². The normalized spacial score (nSPS) is 29.5. The number of hydrogen-bond acceptors (Lipinski definition) is 6. The Morgan fingerprint density at radius 3 is 2.71 bits per heavy atom. The van der Waals surface area contributed by atoms with Crippen molar-refractivity contribution < 1.29 is 29.0 Å². The molecule has 188 valence electrons. The maximum atomic E-state index is 14.1. The Balaban J connectivity index is 1.69. The van der Waals surface area contributed by atoms with E-state index in [2.05, 4.69) is 13.2 Å². The summed E-state index contributed by atoms with van der Waals surface area (Å²) < 4.78 is 11.8. The standard InChI is InChI=1S/C27H34N2O6/c1-4-6-15-34-26(33)21-20-12-13-27(35-20)22(21)24(31)29(18(3)17-30)23(27)25(32)28(14-5-2)16-19-10-8-7-9-11-19/h4-5,7-11,18,20-23,30H,1-2,6,12-17H2,3H3/t18-,20+,21-,22+,23?,27?/m1/s1. The van der Waals surface area contributed by atoms with Gasteiger partial charge in [-0.25, -0.2) is 0 Å². The first-order chi connectivity index (χ1) is 16.9. The molecule has 3 fully saturated rings. The van der Waals surface area contributed by atoms with Crippen LogP contribution in [0.1, 0.15) is 31.7 Å². The summed E-state index contributed by atoms with van der Waals surface area (Å²) in [4.78, 5) is 44.0. The molecule has 0 aromatic heterocycles. The SMILES string of the molecule is C=CCCOC(=O)[C@@H]1[C@@H]2CCC3(O2)C(C(=O)N(CC=C)Cc2ccccc2)N([C@H](C)CO)C(=O)[C@H]13. The van der Waals surface area contributed by atoms with E-state index in [0.29, 0.717) is 25.8 Å². The molecule has 2 unspecified atom stereocenters. The number of likely N-dealkylation sites (tertiary alicyclic amines) is 1. The minimum Gasteiger partial charge on any atom is -0.465 e. The van der Waals surface area contributed by atoms with Crippen molar-refractivity contribution >= 4 is 17.8 Å². The Kier molecular flexibility index (Phi) is 7.42. The zero-order valence-corrected chi connectivity index (χ0v) is 20.2. The Morgan fingerprint density at radius 2 is 2.06 bits per heavy atom. The Bertz CT molecular complexity index is 981. The molecule has 6 atom stereocenters. The van der Waals surface area contributed by atoms with Crippen LogP contribution < -0.4 is 0 Å². The second-order valence-corrected chi connectivity index (χ2v) is 9.57. The van der Waals surface area contributed by atoms with Crippen molar-refractivity contribution in [3.8, 4) is 0 Å². The summed E-state index contributed by atoms with van der Waals surface area (Å²) >= 11 is 0. The van der Waals surface area contributed by atoms with Crippen LogP contribution in [0.4, 0.5) is 0 Å². The second kappa shape index (κ2) is 10.3. The molecule has 1 aromatic rings. The summed E-state index contributed by atoms with van der Waals surface area (Å²) in [6.07, 6.45) is 4.41. The first-order valence-electron chi connectivity index (χ1n) is 12.2. The van der Waals surface area contributed by atoms with E-state index in [0.717, 1.165) is 5.56 Å². The Morgan fingerprint density at radius 1 is 1.31 bits per heavy atom. The molecule has 3 heterocycles. The van der Waals surface area contributed by atoms with Gasteiger partial charge in [-0.1, -0.05) is 42.5 Å². The highest BCUT2D eigenvalue weighted by Gasteiger charge is 2.75. The fourth-order valence-electron chi connectivity index (χ4n) is 5.90. The van der Waals surface area contributed by atoms with Gasteiger partial charge in [0.05, 0.1) is 37.2 Å². The largest absolute Gasteiger partial charge is 0.465 e. The van der Waals surface area contributed by atoms with Crippen molar-refractivity contribution in [2.45, 2.75) is 56.5 Å².